The molecule has 0 bridgehead atoms. The number of carbonyl (C=O) groups excluding carboxylic acids is 2. The van der Waals surface area contributed by atoms with E-state index >= 15 is 0 Å². The Morgan fingerprint density at radius 1 is 1.07 bits per heavy atom. The van der Waals surface area contributed by atoms with Gasteiger partial charge in [0.25, 0.3) is 5.91 Å². The molecule has 5 heteroatoms. The van der Waals surface area contributed by atoms with Crippen molar-refractivity contribution in [3.8, 4) is 5.75 Å². The molecule has 0 aliphatic carbocycles. The Labute approximate surface area is 160 Å². The average molecular weight is 367 g/mol. The van der Waals surface area contributed by atoms with Crippen LogP contribution < -0.4 is 10.1 Å². The Balaban J connectivity index is 1.85. The maximum atomic E-state index is 12.1. The van der Waals surface area contributed by atoms with Gasteiger partial charge in [-0.2, -0.15) is 0 Å². The van der Waals surface area contributed by atoms with Crippen LogP contribution in [0.1, 0.15) is 30.5 Å². The quantitative estimate of drug-likeness (QED) is 0.562. The zero-order valence-electron chi connectivity index (χ0n) is 16.0. The van der Waals surface area contributed by atoms with E-state index in [0.717, 1.165) is 34.5 Å². The molecule has 0 spiro atoms. The molecular formula is C22H25NO4. The SMILES string of the molecule is CCOc1ccc(/C=C/C(=O)OCC(=O)Nc2c(C)cccc2CC)cc1. The molecule has 0 radical (unpaired) electrons. The first kappa shape index (κ1) is 20.2. The molecule has 0 heterocycles. The highest BCUT2D eigenvalue weighted by Crippen LogP contribution is 2.20. The molecule has 0 saturated carbocycles. The lowest BCUT2D eigenvalue weighted by molar-refractivity contribution is -0.142. The van der Waals surface area contributed by atoms with Gasteiger partial charge in [-0.05, 0) is 55.2 Å². The average Bonchev–Trinajstić information content (AvgIpc) is 2.67. The lowest BCUT2D eigenvalue weighted by Gasteiger charge is -2.12. The molecule has 27 heavy (non-hydrogen) atoms. The number of aryl methyl sites for hydroxylation is 2. The summed E-state index contributed by atoms with van der Waals surface area (Å²) in [6.07, 6.45) is 3.74. The lowest BCUT2D eigenvalue weighted by atomic mass is 10.1. The van der Waals surface area contributed by atoms with Gasteiger partial charge in [0.1, 0.15) is 5.75 Å². The minimum atomic E-state index is -0.570. The van der Waals surface area contributed by atoms with Gasteiger partial charge in [-0.1, -0.05) is 37.3 Å². The van der Waals surface area contributed by atoms with Crippen LogP contribution in [0.3, 0.4) is 0 Å². The van der Waals surface area contributed by atoms with E-state index in [9.17, 15) is 9.59 Å². The molecule has 1 amide bonds. The summed E-state index contributed by atoms with van der Waals surface area (Å²) in [6.45, 7) is 6.15. The summed E-state index contributed by atoms with van der Waals surface area (Å²) in [4.78, 5) is 23.9. The highest BCUT2D eigenvalue weighted by molar-refractivity contribution is 5.95. The molecule has 0 atom stereocenters. The summed E-state index contributed by atoms with van der Waals surface area (Å²) in [5.41, 5.74) is 3.65. The molecule has 0 unspecified atom stereocenters. The zero-order valence-corrected chi connectivity index (χ0v) is 16.0. The van der Waals surface area contributed by atoms with E-state index in [1.54, 1.807) is 6.08 Å². The van der Waals surface area contributed by atoms with E-state index in [2.05, 4.69) is 5.32 Å². The van der Waals surface area contributed by atoms with Crippen molar-refractivity contribution in [1.29, 1.82) is 0 Å². The Bertz CT molecular complexity index is 810. The third-order valence-electron chi connectivity index (χ3n) is 3.95. The first-order chi connectivity index (χ1) is 13.0. The van der Waals surface area contributed by atoms with Gasteiger partial charge in [-0.3, -0.25) is 4.79 Å². The first-order valence-electron chi connectivity index (χ1n) is 8.99. The number of esters is 1. The van der Waals surface area contributed by atoms with Crippen molar-refractivity contribution in [3.05, 3.63) is 65.2 Å². The molecule has 5 nitrogen and oxygen atoms in total. The zero-order chi connectivity index (χ0) is 19.6. The smallest absolute Gasteiger partial charge is 0.331 e. The van der Waals surface area contributed by atoms with Crippen LogP contribution in [0.15, 0.2) is 48.5 Å². The molecule has 0 fully saturated rings. The Morgan fingerprint density at radius 2 is 1.81 bits per heavy atom. The van der Waals surface area contributed by atoms with Gasteiger partial charge in [0.05, 0.1) is 6.61 Å². The Morgan fingerprint density at radius 3 is 2.48 bits per heavy atom. The second kappa shape index (κ2) is 10.2. The fourth-order valence-corrected chi connectivity index (χ4v) is 2.57. The normalized spacial score (nSPS) is 10.6. The van der Waals surface area contributed by atoms with E-state index in [1.807, 2.05) is 63.2 Å². The van der Waals surface area contributed by atoms with E-state index in [-0.39, 0.29) is 12.5 Å². The number of rotatable bonds is 8. The molecule has 2 rings (SSSR count). The van der Waals surface area contributed by atoms with Crippen LogP contribution in [-0.4, -0.2) is 25.1 Å². The number of amides is 1. The van der Waals surface area contributed by atoms with Gasteiger partial charge in [-0.15, -0.1) is 0 Å². The van der Waals surface area contributed by atoms with Crippen LogP contribution in [0, 0.1) is 6.92 Å². The highest BCUT2D eigenvalue weighted by atomic mass is 16.5. The molecular weight excluding hydrogens is 342 g/mol. The molecule has 0 aliphatic heterocycles. The standard InChI is InChI=1S/C22H25NO4/c1-4-18-8-6-7-16(3)22(18)23-20(24)15-27-21(25)14-11-17-9-12-19(13-10-17)26-5-2/h6-14H,4-5,15H2,1-3H3,(H,23,24)/b14-11+. The summed E-state index contributed by atoms with van der Waals surface area (Å²) in [6, 6.07) is 13.2. The second-order valence-electron chi connectivity index (χ2n) is 5.95. The fraction of sp³-hybridized carbons (Fsp3) is 0.273. The third-order valence-corrected chi connectivity index (χ3v) is 3.95. The summed E-state index contributed by atoms with van der Waals surface area (Å²) in [5, 5.41) is 2.82. The topological polar surface area (TPSA) is 64.6 Å². The van der Waals surface area contributed by atoms with Crippen molar-refractivity contribution in [2.45, 2.75) is 27.2 Å². The van der Waals surface area contributed by atoms with Gasteiger partial charge in [0, 0.05) is 11.8 Å². The van der Waals surface area contributed by atoms with Gasteiger partial charge < -0.3 is 14.8 Å². The number of hydrogen-bond donors (Lipinski definition) is 1. The van der Waals surface area contributed by atoms with Crippen LogP contribution in [0.25, 0.3) is 6.08 Å². The van der Waals surface area contributed by atoms with Crippen molar-refractivity contribution < 1.29 is 19.1 Å². The minimum Gasteiger partial charge on any atom is -0.494 e. The van der Waals surface area contributed by atoms with Crippen molar-refractivity contribution >= 4 is 23.6 Å². The maximum absolute atomic E-state index is 12.1. The highest BCUT2D eigenvalue weighted by Gasteiger charge is 2.10. The van der Waals surface area contributed by atoms with Crippen LogP contribution in [0.2, 0.25) is 0 Å². The van der Waals surface area contributed by atoms with Crippen LogP contribution in [-0.2, 0) is 20.7 Å². The van der Waals surface area contributed by atoms with Crippen molar-refractivity contribution in [2.24, 2.45) is 0 Å². The maximum Gasteiger partial charge on any atom is 0.331 e. The summed E-state index contributed by atoms with van der Waals surface area (Å²) >= 11 is 0. The number of carbonyl (C=O) groups is 2. The number of benzene rings is 2. The van der Waals surface area contributed by atoms with Gasteiger partial charge in [-0.25, -0.2) is 4.79 Å². The van der Waals surface area contributed by atoms with Crippen LogP contribution in [0.4, 0.5) is 5.69 Å². The Hall–Kier alpha value is -3.08. The summed E-state index contributed by atoms with van der Waals surface area (Å²) in [7, 11) is 0. The van der Waals surface area contributed by atoms with E-state index < -0.39 is 5.97 Å². The molecule has 0 aromatic heterocycles. The van der Waals surface area contributed by atoms with E-state index in [4.69, 9.17) is 9.47 Å². The first-order valence-corrected chi connectivity index (χ1v) is 8.99. The van der Waals surface area contributed by atoms with Gasteiger partial charge in [0.15, 0.2) is 6.61 Å². The number of para-hydroxylation sites is 1. The molecule has 1 N–H and O–H groups in total. The largest absolute Gasteiger partial charge is 0.494 e. The molecule has 142 valence electrons. The minimum absolute atomic E-state index is 0.329. The number of anilines is 1. The molecule has 2 aromatic rings. The van der Waals surface area contributed by atoms with Crippen LogP contribution in [0.5, 0.6) is 5.75 Å². The summed E-state index contributed by atoms with van der Waals surface area (Å²) < 4.78 is 10.4. The molecule has 0 aliphatic rings. The van der Waals surface area contributed by atoms with Crippen molar-refractivity contribution in [2.75, 3.05) is 18.5 Å². The fourth-order valence-electron chi connectivity index (χ4n) is 2.57. The van der Waals surface area contributed by atoms with E-state index in [1.165, 1.54) is 6.08 Å². The van der Waals surface area contributed by atoms with Crippen molar-refractivity contribution in [3.63, 3.8) is 0 Å². The molecule has 2 aromatic carbocycles. The second-order valence-corrected chi connectivity index (χ2v) is 5.95. The number of hydrogen-bond acceptors (Lipinski definition) is 4. The molecule has 0 saturated heterocycles. The monoisotopic (exact) mass is 367 g/mol. The third kappa shape index (κ3) is 6.29. The number of nitrogens with one attached hydrogen (secondary N) is 1. The van der Waals surface area contributed by atoms with E-state index in [0.29, 0.717) is 6.61 Å². The number of ether oxygens (including phenoxy) is 2. The predicted molar refractivity (Wildman–Crippen MR) is 107 cm³/mol. The van der Waals surface area contributed by atoms with Gasteiger partial charge in [0.2, 0.25) is 0 Å². The van der Waals surface area contributed by atoms with Gasteiger partial charge >= 0.3 is 5.97 Å². The predicted octanol–water partition coefficient (Wildman–Crippen LogP) is 4.15. The summed E-state index contributed by atoms with van der Waals surface area (Å²) in [5.74, 6) is -0.155. The van der Waals surface area contributed by atoms with Crippen molar-refractivity contribution in [1.82, 2.24) is 0 Å². The Kier molecular flexibility index (Phi) is 7.62. The lowest BCUT2D eigenvalue weighted by Crippen LogP contribution is -2.21. The van der Waals surface area contributed by atoms with Crippen LogP contribution >= 0.6 is 0 Å².